The van der Waals surface area contributed by atoms with E-state index in [0.29, 0.717) is 33.1 Å². The molecule has 0 aliphatic rings. The molecule has 0 saturated heterocycles. The number of ether oxygens (including phenoxy) is 2. The molecule has 0 radical (unpaired) electrons. The summed E-state index contributed by atoms with van der Waals surface area (Å²) in [7, 11) is 3.23. The van der Waals surface area contributed by atoms with Crippen molar-refractivity contribution in [2.75, 3.05) is 14.2 Å². The second kappa shape index (κ2) is 9.86. The summed E-state index contributed by atoms with van der Waals surface area (Å²) in [5.74, 6) is 2.68. The van der Waals surface area contributed by atoms with Gasteiger partial charge in [-0.3, -0.25) is 4.57 Å². The van der Waals surface area contributed by atoms with E-state index in [1.165, 1.54) is 5.56 Å². The Morgan fingerprint density at radius 2 is 1.59 bits per heavy atom. The number of thioether (sulfide) groups is 1. The Kier molecular flexibility index (Phi) is 6.94. The van der Waals surface area contributed by atoms with E-state index >= 15 is 0 Å². The lowest BCUT2D eigenvalue weighted by Gasteiger charge is -2.13. The van der Waals surface area contributed by atoms with Gasteiger partial charge in [-0.15, -0.1) is 10.2 Å². The van der Waals surface area contributed by atoms with E-state index in [1.807, 2.05) is 34.9 Å². The number of nitrogens with zero attached hydrogens (tertiary/aromatic N) is 3. The Morgan fingerprint density at radius 3 is 2.28 bits per heavy atom. The second-order valence-electron chi connectivity index (χ2n) is 7.08. The smallest absolute Gasteiger partial charge is 0.196 e. The van der Waals surface area contributed by atoms with Crippen LogP contribution in [0.3, 0.4) is 0 Å². The SMILES string of the molecule is COc1ccc(-c2nnc(SCc3ccc(Cl)c(Cl)c3)n2-c2ccc(C)cc2)cc1OC. The molecule has 0 aliphatic carbocycles. The predicted octanol–water partition coefficient (Wildman–Crippen LogP) is 6.86. The summed E-state index contributed by atoms with van der Waals surface area (Å²) in [5, 5.41) is 10.8. The van der Waals surface area contributed by atoms with Crippen LogP contribution in [0.25, 0.3) is 17.1 Å². The van der Waals surface area contributed by atoms with Gasteiger partial charge in [0.15, 0.2) is 22.5 Å². The van der Waals surface area contributed by atoms with E-state index in [4.69, 9.17) is 32.7 Å². The van der Waals surface area contributed by atoms with Crippen molar-refractivity contribution in [3.8, 4) is 28.6 Å². The van der Waals surface area contributed by atoms with Gasteiger partial charge in [-0.1, -0.05) is 58.7 Å². The summed E-state index contributed by atoms with van der Waals surface area (Å²) in [4.78, 5) is 0. The van der Waals surface area contributed by atoms with Crippen LogP contribution in [0.1, 0.15) is 11.1 Å². The van der Waals surface area contributed by atoms with Gasteiger partial charge in [0.25, 0.3) is 0 Å². The molecule has 0 bridgehead atoms. The molecule has 1 heterocycles. The zero-order valence-electron chi connectivity index (χ0n) is 17.8. The number of halogens is 2. The number of aromatic nitrogens is 3. The molecular weight excluding hydrogens is 465 g/mol. The fourth-order valence-corrected chi connectivity index (χ4v) is 4.45. The predicted molar refractivity (Wildman–Crippen MR) is 131 cm³/mol. The average molecular weight is 486 g/mol. The molecule has 0 saturated carbocycles. The Bertz CT molecular complexity index is 1240. The molecular formula is C24H21Cl2N3O2S. The molecule has 4 aromatic rings. The Balaban J connectivity index is 1.75. The summed E-state index contributed by atoms with van der Waals surface area (Å²) in [6, 6.07) is 19.6. The zero-order valence-corrected chi connectivity index (χ0v) is 20.1. The van der Waals surface area contributed by atoms with Gasteiger partial charge < -0.3 is 9.47 Å². The number of hydrogen-bond acceptors (Lipinski definition) is 5. The van der Waals surface area contributed by atoms with Crippen LogP contribution in [-0.2, 0) is 5.75 Å². The molecule has 3 aromatic carbocycles. The third kappa shape index (κ3) is 4.72. The number of rotatable bonds is 7. The van der Waals surface area contributed by atoms with Crippen molar-refractivity contribution < 1.29 is 9.47 Å². The van der Waals surface area contributed by atoms with Crippen LogP contribution in [0.2, 0.25) is 10.0 Å². The number of methoxy groups -OCH3 is 2. The second-order valence-corrected chi connectivity index (χ2v) is 8.84. The molecule has 0 spiro atoms. The number of benzene rings is 3. The monoisotopic (exact) mass is 485 g/mol. The van der Waals surface area contributed by atoms with Crippen LogP contribution < -0.4 is 9.47 Å². The first-order chi connectivity index (χ1) is 15.5. The van der Waals surface area contributed by atoms with Crippen LogP contribution >= 0.6 is 35.0 Å². The van der Waals surface area contributed by atoms with Crippen molar-refractivity contribution >= 4 is 35.0 Å². The summed E-state index contributed by atoms with van der Waals surface area (Å²) in [6.45, 7) is 2.06. The minimum absolute atomic E-state index is 0.538. The Hall–Kier alpha value is -2.67. The molecule has 32 heavy (non-hydrogen) atoms. The van der Waals surface area contributed by atoms with Crippen LogP contribution in [-0.4, -0.2) is 29.0 Å². The number of hydrogen-bond donors (Lipinski definition) is 0. The van der Waals surface area contributed by atoms with Crippen molar-refractivity contribution in [2.24, 2.45) is 0 Å². The summed E-state index contributed by atoms with van der Waals surface area (Å²) in [5.41, 5.74) is 4.08. The van der Waals surface area contributed by atoms with E-state index in [9.17, 15) is 0 Å². The third-order valence-electron chi connectivity index (χ3n) is 4.92. The molecule has 164 valence electrons. The van der Waals surface area contributed by atoms with E-state index in [-0.39, 0.29) is 0 Å². The van der Waals surface area contributed by atoms with Crippen molar-refractivity contribution in [1.82, 2.24) is 14.8 Å². The third-order valence-corrected chi connectivity index (χ3v) is 6.66. The molecule has 0 aliphatic heterocycles. The van der Waals surface area contributed by atoms with Crippen LogP contribution in [0, 0.1) is 6.92 Å². The highest BCUT2D eigenvalue weighted by atomic mass is 35.5. The van der Waals surface area contributed by atoms with Gasteiger partial charge in [-0.25, -0.2) is 0 Å². The minimum Gasteiger partial charge on any atom is -0.493 e. The Labute approximate surface area is 201 Å². The summed E-state index contributed by atoms with van der Waals surface area (Å²) < 4.78 is 12.9. The van der Waals surface area contributed by atoms with E-state index in [1.54, 1.807) is 32.0 Å². The molecule has 5 nitrogen and oxygen atoms in total. The van der Waals surface area contributed by atoms with Crippen molar-refractivity contribution in [2.45, 2.75) is 17.8 Å². The molecule has 0 unspecified atom stereocenters. The normalized spacial score (nSPS) is 10.9. The van der Waals surface area contributed by atoms with Gasteiger partial charge in [0.2, 0.25) is 0 Å². The highest BCUT2D eigenvalue weighted by Crippen LogP contribution is 2.35. The molecule has 0 atom stereocenters. The van der Waals surface area contributed by atoms with Crippen LogP contribution in [0.5, 0.6) is 11.5 Å². The maximum atomic E-state index is 6.18. The first-order valence-corrected chi connectivity index (χ1v) is 11.6. The van der Waals surface area contributed by atoms with Crippen LogP contribution in [0.15, 0.2) is 65.8 Å². The fourth-order valence-electron chi connectivity index (χ4n) is 3.23. The highest BCUT2D eigenvalue weighted by Gasteiger charge is 2.18. The lowest BCUT2D eigenvalue weighted by molar-refractivity contribution is 0.355. The van der Waals surface area contributed by atoms with Gasteiger partial charge in [0, 0.05) is 17.0 Å². The zero-order chi connectivity index (χ0) is 22.7. The molecule has 8 heteroatoms. The van der Waals surface area contributed by atoms with Gasteiger partial charge in [0.1, 0.15) is 0 Å². The molecule has 0 fully saturated rings. The van der Waals surface area contributed by atoms with Gasteiger partial charge in [-0.05, 0) is 55.0 Å². The molecule has 0 amide bonds. The lowest BCUT2D eigenvalue weighted by atomic mass is 10.1. The standard InChI is InChI=1S/C24H21Cl2N3O2S/c1-15-4-8-18(9-5-15)29-23(17-7-11-21(30-2)22(13-17)31-3)27-28-24(29)32-14-16-6-10-19(25)20(26)12-16/h4-13H,14H2,1-3H3. The first kappa shape index (κ1) is 22.5. The van der Waals surface area contributed by atoms with Gasteiger partial charge in [0.05, 0.1) is 24.3 Å². The number of aryl methyl sites for hydroxylation is 1. The lowest BCUT2D eigenvalue weighted by Crippen LogP contribution is -2.00. The van der Waals surface area contributed by atoms with Crippen molar-refractivity contribution in [3.05, 3.63) is 81.8 Å². The first-order valence-electron chi connectivity index (χ1n) is 9.81. The maximum Gasteiger partial charge on any atom is 0.196 e. The van der Waals surface area contributed by atoms with Gasteiger partial charge in [-0.2, -0.15) is 0 Å². The largest absolute Gasteiger partial charge is 0.493 e. The maximum absolute atomic E-state index is 6.18. The molecule has 0 N–H and O–H groups in total. The minimum atomic E-state index is 0.538. The van der Waals surface area contributed by atoms with Crippen molar-refractivity contribution in [1.29, 1.82) is 0 Å². The topological polar surface area (TPSA) is 49.2 Å². The van der Waals surface area contributed by atoms with E-state index < -0.39 is 0 Å². The Morgan fingerprint density at radius 1 is 0.844 bits per heavy atom. The van der Waals surface area contributed by atoms with Crippen LogP contribution in [0.4, 0.5) is 0 Å². The van der Waals surface area contributed by atoms with E-state index in [2.05, 4.69) is 41.4 Å². The quantitative estimate of drug-likeness (QED) is 0.267. The summed E-state index contributed by atoms with van der Waals surface area (Å²) in [6.07, 6.45) is 0. The molecule has 4 rings (SSSR count). The highest BCUT2D eigenvalue weighted by molar-refractivity contribution is 7.98. The van der Waals surface area contributed by atoms with E-state index in [0.717, 1.165) is 22.0 Å². The summed E-state index contributed by atoms with van der Waals surface area (Å²) >= 11 is 13.8. The molecule has 1 aromatic heterocycles. The van der Waals surface area contributed by atoms with Crippen molar-refractivity contribution in [3.63, 3.8) is 0 Å². The average Bonchev–Trinajstić information content (AvgIpc) is 3.23. The fraction of sp³-hybridized carbons (Fsp3) is 0.167. The van der Waals surface area contributed by atoms with Gasteiger partial charge >= 0.3 is 0 Å².